The van der Waals surface area contributed by atoms with Crippen LogP contribution in [-0.4, -0.2) is 69.5 Å². The second-order valence-corrected chi connectivity index (χ2v) is 9.17. The van der Waals surface area contributed by atoms with E-state index >= 15 is 0 Å². The number of carbonyl (C=O) groups excluding carboxylic acids is 1. The van der Waals surface area contributed by atoms with Gasteiger partial charge in [-0.15, -0.1) is 0 Å². The van der Waals surface area contributed by atoms with E-state index in [-0.39, 0.29) is 17.7 Å². The fourth-order valence-electron chi connectivity index (χ4n) is 4.01. The number of amides is 1. The second kappa shape index (κ2) is 6.39. The molecule has 8 nitrogen and oxygen atoms in total. The molecular formula is C19H19N5O3S. The van der Waals surface area contributed by atoms with E-state index in [1.54, 1.807) is 33.9 Å². The first-order valence-electron chi connectivity index (χ1n) is 9.20. The van der Waals surface area contributed by atoms with Crippen molar-refractivity contribution in [1.29, 1.82) is 0 Å². The average Bonchev–Trinajstić information content (AvgIpc) is 3.28. The zero-order valence-corrected chi connectivity index (χ0v) is 15.9. The number of sulfonamides is 1. The Morgan fingerprint density at radius 2 is 1.93 bits per heavy atom. The SMILES string of the molecule is O=C(c1ccc(-n2cnc3ccccc32)nc1)N1CCN2C(CCS2(=O)=O)C1. The van der Waals surface area contributed by atoms with Crippen LogP contribution in [0.5, 0.6) is 0 Å². The number of hydrogen-bond acceptors (Lipinski definition) is 5. The van der Waals surface area contributed by atoms with Crippen LogP contribution in [0.2, 0.25) is 0 Å². The maximum atomic E-state index is 12.9. The molecule has 3 aromatic rings. The molecular weight excluding hydrogens is 378 g/mol. The topological polar surface area (TPSA) is 88.4 Å². The van der Waals surface area contributed by atoms with Crippen LogP contribution in [0.1, 0.15) is 16.8 Å². The molecule has 0 bridgehead atoms. The normalized spacial score (nSPS) is 21.7. The summed E-state index contributed by atoms with van der Waals surface area (Å²) in [5, 5.41) is 0. The van der Waals surface area contributed by atoms with Gasteiger partial charge in [0.25, 0.3) is 5.91 Å². The third-order valence-corrected chi connectivity index (χ3v) is 7.42. The molecule has 0 aliphatic carbocycles. The van der Waals surface area contributed by atoms with Gasteiger partial charge in [0.15, 0.2) is 0 Å². The monoisotopic (exact) mass is 397 g/mol. The smallest absolute Gasteiger partial charge is 0.255 e. The summed E-state index contributed by atoms with van der Waals surface area (Å²) in [5.74, 6) is 0.755. The lowest BCUT2D eigenvalue weighted by atomic mass is 10.1. The number of rotatable bonds is 2. The van der Waals surface area contributed by atoms with Crippen LogP contribution in [-0.2, 0) is 10.0 Å². The highest BCUT2D eigenvalue weighted by atomic mass is 32.2. The highest BCUT2D eigenvalue weighted by Gasteiger charge is 2.41. The van der Waals surface area contributed by atoms with Gasteiger partial charge in [0, 0.05) is 31.9 Å². The first kappa shape index (κ1) is 17.3. The summed E-state index contributed by atoms with van der Waals surface area (Å²) in [4.78, 5) is 23.4. The zero-order valence-electron chi connectivity index (χ0n) is 15.1. The van der Waals surface area contributed by atoms with Gasteiger partial charge in [-0.1, -0.05) is 12.1 Å². The summed E-state index contributed by atoms with van der Waals surface area (Å²) >= 11 is 0. The van der Waals surface area contributed by atoms with Crippen LogP contribution < -0.4 is 0 Å². The third kappa shape index (κ3) is 2.78. The summed E-state index contributed by atoms with van der Waals surface area (Å²) in [6.07, 6.45) is 3.87. The van der Waals surface area contributed by atoms with Crippen LogP contribution >= 0.6 is 0 Å². The van der Waals surface area contributed by atoms with Gasteiger partial charge in [-0.3, -0.25) is 9.36 Å². The van der Waals surface area contributed by atoms with Crippen LogP contribution in [0.15, 0.2) is 48.9 Å². The molecule has 2 aromatic heterocycles. The standard InChI is InChI=1S/C19H19N5O3S/c25-19(22-8-9-24-15(12-22)7-10-28(24,26)27)14-5-6-18(20-11-14)23-13-21-16-3-1-2-4-17(16)23/h1-6,11,13,15H,7-10,12H2. The van der Waals surface area contributed by atoms with Crippen molar-refractivity contribution >= 4 is 27.0 Å². The summed E-state index contributed by atoms with van der Waals surface area (Å²) in [6, 6.07) is 11.2. The number of para-hydroxylation sites is 2. The first-order valence-corrected chi connectivity index (χ1v) is 10.8. The predicted molar refractivity (Wildman–Crippen MR) is 104 cm³/mol. The van der Waals surface area contributed by atoms with Gasteiger partial charge >= 0.3 is 0 Å². The number of nitrogens with zero attached hydrogens (tertiary/aromatic N) is 5. The van der Waals surface area contributed by atoms with E-state index in [9.17, 15) is 13.2 Å². The Morgan fingerprint density at radius 3 is 2.75 bits per heavy atom. The average molecular weight is 397 g/mol. The van der Waals surface area contributed by atoms with Crippen LogP contribution in [0.4, 0.5) is 0 Å². The van der Waals surface area contributed by atoms with Crippen molar-refractivity contribution in [3.8, 4) is 5.82 Å². The van der Waals surface area contributed by atoms with Gasteiger partial charge < -0.3 is 4.90 Å². The molecule has 4 heterocycles. The van der Waals surface area contributed by atoms with Gasteiger partial charge in [0.1, 0.15) is 12.1 Å². The predicted octanol–water partition coefficient (Wildman–Crippen LogP) is 1.28. The van der Waals surface area contributed by atoms with E-state index in [0.717, 1.165) is 11.0 Å². The highest BCUT2D eigenvalue weighted by molar-refractivity contribution is 7.89. The van der Waals surface area contributed by atoms with Gasteiger partial charge in [-0.05, 0) is 30.7 Å². The number of benzene rings is 1. The molecule has 1 unspecified atom stereocenters. The largest absolute Gasteiger partial charge is 0.336 e. The Bertz CT molecular complexity index is 1160. The van der Waals surface area contributed by atoms with Gasteiger partial charge in [0.05, 0.1) is 22.3 Å². The molecule has 1 aromatic carbocycles. The number of carbonyl (C=O) groups is 1. The van der Waals surface area contributed by atoms with Crippen molar-refractivity contribution < 1.29 is 13.2 Å². The Balaban J connectivity index is 1.35. The number of piperazine rings is 1. The second-order valence-electron chi connectivity index (χ2n) is 7.13. The van der Waals surface area contributed by atoms with Crippen molar-refractivity contribution in [1.82, 2.24) is 23.7 Å². The molecule has 0 radical (unpaired) electrons. The van der Waals surface area contributed by atoms with Crippen LogP contribution in [0, 0.1) is 0 Å². The molecule has 1 atom stereocenters. The maximum absolute atomic E-state index is 12.9. The van der Waals surface area contributed by atoms with Crippen molar-refractivity contribution in [3.63, 3.8) is 0 Å². The van der Waals surface area contributed by atoms with E-state index in [0.29, 0.717) is 37.4 Å². The molecule has 1 amide bonds. The van der Waals surface area contributed by atoms with E-state index in [4.69, 9.17) is 0 Å². The number of imidazole rings is 1. The quantitative estimate of drug-likeness (QED) is 0.650. The Hall–Kier alpha value is -2.78. The molecule has 144 valence electrons. The molecule has 5 rings (SSSR count). The van der Waals surface area contributed by atoms with E-state index in [1.165, 1.54) is 0 Å². The molecule has 0 spiro atoms. The van der Waals surface area contributed by atoms with Crippen LogP contribution in [0.3, 0.4) is 0 Å². The molecule has 2 fully saturated rings. The lowest BCUT2D eigenvalue weighted by Crippen LogP contribution is -2.53. The number of aromatic nitrogens is 3. The fraction of sp³-hybridized carbons (Fsp3) is 0.316. The molecule has 0 saturated carbocycles. The summed E-state index contributed by atoms with van der Waals surface area (Å²) in [7, 11) is -3.14. The number of hydrogen-bond donors (Lipinski definition) is 0. The Kier molecular flexibility index (Phi) is 3.95. The van der Waals surface area contributed by atoms with Gasteiger partial charge in [0.2, 0.25) is 10.0 Å². The lowest BCUT2D eigenvalue weighted by molar-refractivity contribution is 0.0641. The number of pyridine rings is 1. The van der Waals surface area contributed by atoms with Crippen molar-refractivity contribution in [2.75, 3.05) is 25.4 Å². The van der Waals surface area contributed by atoms with Crippen LogP contribution in [0.25, 0.3) is 16.9 Å². The first-order chi connectivity index (χ1) is 13.5. The lowest BCUT2D eigenvalue weighted by Gasteiger charge is -2.36. The molecule has 9 heteroatoms. The zero-order chi connectivity index (χ0) is 19.3. The molecule has 2 saturated heterocycles. The van der Waals surface area contributed by atoms with Gasteiger partial charge in [-0.2, -0.15) is 4.31 Å². The van der Waals surface area contributed by atoms with Gasteiger partial charge in [-0.25, -0.2) is 18.4 Å². The maximum Gasteiger partial charge on any atom is 0.255 e. The summed E-state index contributed by atoms with van der Waals surface area (Å²) in [6.45, 7) is 1.21. The Labute approximate surface area is 162 Å². The third-order valence-electron chi connectivity index (χ3n) is 5.48. The Morgan fingerprint density at radius 1 is 1.07 bits per heavy atom. The van der Waals surface area contributed by atoms with Crippen molar-refractivity contribution in [3.05, 3.63) is 54.5 Å². The molecule has 2 aliphatic rings. The molecule has 28 heavy (non-hydrogen) atoms. The van der Waals surface area contributed by atoms with E-state index in [2.05, 4.69) is 9.97 Å². The summed E-state index contributed by atoms with van der Waals surface area (Å²) < 4.78 is 27.4. The summed E-state index contributed by atoms with van der Waals surface area (Å²) in [5.41, 5.74) is 2.34. The minimum atomic E-state index is -3.14. The minimum Gasteiger partial charge on any atom is -0.336 e. The minimum absolute atomic E-state index is 0.104. The van der Waals surface area contributed by atoms with Crippen molar-refractivity contribution in [2.45, 2.75) is 12.5 Å². The highest BCUT2D eigenvalue weighted by Crippen LogP contribution is 2.26. The van der Waals surface area contributed by atoms with Crippen molar-refractivity contribution in [2.24, 2.45) is 0 Å². The number of fused-ring (bicyclic) bond motifs is 2. The fourth-order valence-corrected chi connectivity index (χ4v) is 5.80. The van der Waals surface area contributed by atoms with E-state index in [1.807, 2.05) is 28.8 Å². The van der Waals surface area contributed by atoms with E-state index < -0.39 is 10.0 Å². The molecule has 2 aliphatic heterocycles. The molecule has 0 N–H and O–H groups in total.